The zero-order valence-corrected chi connectivity index (χ0v) is 13.5. The van der Waals surface area contributed by atoms with E-state index in [1.54, 1.807) is 6.07 Å². The van der Waals surface area contributed by atoms with Crippen molar-refractivity contribution in [1.29, 1.82) is 0 Å². The fourth-order valence-electron chi connectivity index (χ4n) is 2.13. The topological polar surface area (TPSA) is 66.5 Å². The lowest BCUT2D eigenvalue weighted by atomic mass is 10.2. The van der Waals surface area contributed by atoms with Crippen LogP contribution in [0.4, 0.5) is 4.39 Å². The number of rotatable bonds is 5. The summed E-state index contributed by atoms with van der Waals surface area (Å²) in [6.07, 6.45) is 0. The van der Waals surface area contributed by atoms with Gasteiger partial charge >= 0.3 is 0 Å². The molecular formula is C13H19FN2O3S2. The van der Waals surface area contributed by atoms with Crippen molar-refractivity contribution in [2.24, 2.45) is 0 Å². The van der Waals surface area contributed by atoms with Crippen LogP contribution in [0.1, 0.15) is 12.5 Å². The quantitative estimate of drug-likeness (QED) is 0.860. The second-order valence-electron chi connectivity index (χ2n) is 4.80. The molecular weight excluding hydrogens is 315 g/mol. The van der Waals surface area contributed by atoms with Gasteiger partial charge in [-0.25, -0.2) is 12.8 Å². The minimum absolute atomic E-state index is 0.172. The molecule has 0 amide bonds. The first kappa shape index (κ1) is 16.5. The summed E-state index contributed by atoms with van der Waals surface area (Å²) in [5.41, 5.74) is 0.720. The SMILES string of the molecule is CCNCc1ccc(F)c(S(=O)(=O)N2CCS(=O)CC2)c1. The van der Waals surface area contributed by atoms with E-state index in [1.165, 1.54) is 16.4 Å². The standard InChI is InChI=1S/C13H19FN2O3S2/c1-2-15-10-11-3-4-12(14)13(9-11)21(18,19)16-5-7-20(17)8-6-16/h3-4,9,15H,2,5-8,10H2,1H3. The van der Waals surface area contributed by atoms with Crippen LogP contribution in [0.25, 0.3) is 0 Å². The Labute approximate surface area is 127 Å². The molecule has 0 bridgehead atoms. The number of nitrogens with one attached hydrogen (secondary N) is 1. The minimum atomic E-state index is -3.87. The van der Waals surface area contributed by atoms with E-state index >= 15 is 0 Å². The van der Waals surface area contributed by atoms with Crippen molar-refractivity contribution in [3.8, 4) is 0 Å². The molecule has 0 unspecified atom stereocenters. The Bertz CT molecular complexity index is 624. The van der Waals surface area contributed by atoms with Gasteiger partial charge < -0.3 is 5.32 Å². The first-order valence-electron chi connectivity index (χ1n) is 6.79. The molecule has 5 nitrogen and oxygen atoms in total. The molecule has 1 aromatic carbocycles. The predicted octanol–water partition coefficient (Wildman–Crippen LogP) is 0.688. The number of sulfonamides is 1. The molecule has 0 spiro atoms. The average molecular weight is 334 g/mol. The van der Waals surface area contributed by atoms with E-state index in [0.29, 0.717) is 18.1 Å². The van der Waals surface area contributed by atoms with Gasteiger partial charge in [0.1, 0.15) is 10.7 Å². The Morgan fingerprint density at radius 3 is 2.62 bits per heavy atom. The zero-order chi connectivity index (χ0) is 15.5. The third-order valence-corrected chi connectivity index (χ3v) is 6.52. The maximum atomic E-state index is 13.9. The summed E-state index contributed by atoms with van der Waals surface area (Å²) in [4.78, 5) is -0.300. The van der Waals surface area contributed by atoms with Crippen molar-refractivity contribution < 1.29 is 17.0 Å². The maximum Gasteiger partial charge on any atom is 0.246 e. The Morgan fingerprint density at radius 1 is 1.33 bits per heavy atom. The molecule has 21 heavy (non-hydrogen) atoms. The van der Waals surface area contributed by atoms with E-state index < -0.39 is 26.6 Å². The first-order valence-corrected chi connectivity index (χ1v) is 9.72. The molecule has 1 aliphatic heterocycles. The Kier molecular flexibility index (Phi) is 5.48. The number of halogens is 1. The summed E-state index contributed by atoms with van der Waals surface area (Å²) in [5.74, 6) is -0.141. The van der Waals surface area contributed by atoms with Crippen LogP contribution in [0, 0.1) is 5.82 Å². The van der Waals surface area contributed by atoms with Crippen molar-refractivity contribution in [3.05, 3.63) is 29.6 Å². The number of benzene rings is 1. The molecule has 118 valence electrons. The molecule has 8 heteroatoms. The van der Waals surface area contributed by atoms with E-state index in [2.05, 4.69) is 5.32 Å². The first-order chi connectivity index (χ1) is 9.95. The van der Waals surface area contributed by atoms with Gasteiger partial charge in [0, 0.05) is 41.9 Å². The van der Waals surface area contributed by atoms with Crippen LogP contribution < -0.4 is 5.32 Å². The van der Waals surface area contributed by atoms with Gasteiger partial charge in [0.25, 0.3) is 0 Å². The Hall–Kier alpha value is -0.830. The van der Waals surface area contributed by atoms with Crippen LogP contribution in [-0.4, -0.2) is 48.1 Å². The second kappa shape index (κ2) is 6.95. The molecule has 0 aromatic heterocycles. The molecule has 1 aromatic rings. The molecule has 1 fully saturated rings. The summed E-state index contributed by atoms with van der Waals surface area (Å²) in [6, 6.07) is 4.13. The normalized spacial score (nSPS) is 18.0. The predicted molar refractivity (Wildman–Crippen MR) is 80.4 cm³/mol. The van der Waals surface area contributed by atoms with Crippen molar-refractivity contribution in [2.75, 3.05) is 31.1 Å². The summed E-state index contributed by atoms with van der Waals surface area (Å²) in [7, 11) is -4.84. The van der Waals surface area contributed by atoms with E-state index in [-0.39, 0.29) is 18.0 Å². The van der Waals surface area contributed by atoms with Gasteiger partial charge in [0.2, 0.25) is 10.0 Å². The highest BCUT2D eigenvalue weighted by Crippen LogP contribution is 2.22. The van der Waals surface area contributed by atoms with Gasteiger partial charge in [-0.2, -0.15) is 4.31 Å². The summed E-state index contributed by atoms with van der Waals surface area (Å²) in [5, 5.41) is 3.08. The van der Waals surface area contributed by atoms with Gasteiger partial charge in [-0.1, -0.05) is 13.0 Å². The molecule has 0 radical (unpaired) electrons. The van der Waals surface area contributed by atoms with Crippen molar-refractivity contribution in [3.63, 3.8) is 0 Å². The Balaban J connectivity index is 2.28. The molecule has 1 saturated heterocycles. The summed E-state index contributed by atoms with van der Waals surface area (Å²) < 4.78 is 51.5. The fraction of sp³-hybridized carbons (Fsp3) is 0.538. The largest absolute Gasteiger partial charge is 0.313 e. The fourth-order valence-corrected chi connectivity index (χ4v) is 4.96. The smallest absolute Gasteiger partial charge is 0.246 e. The lowest BCUT2D eigenvalue weighted by Gasteiger charge is -2.25. The minimum Gasteiger partial charge on any atom is -0.313 e. The van der Waals surface area contributed by atoms with Gasteiger partial charge in [-0.15, -0.1) is 0 Å². The molecule has 1 aliphatic rings. The Morgan fingerprint density at radius 2 is 2.00 bits per heavy atom. The zero-order valence-electron chi connectivity index (χ0n) is 11.8. The van der Waals surface area contributed by atoms with Gasteiger partial charge in [-0.05, 0) is 24.2 Å². The van der Waals surface area contributed by atoms with Gasteiger partial charge in [0.15, 0.2) is 0 Å². The highest BCUT2D eigenvalue weighted by molar-refractivity contribution is 7.89. The van der Waals surface area contributed by atoms with Crippen LogP contribution >= 0.6 is 0 Å². The highest BCUT2D eigenvalue weighted by atomic mass is 32.2. The van der Waals surface area contributed by atoms with Crippen LogP contribution in [-0.2, 0) is 27.4 Å². The van der Waals surface area contributed by atoms with Crippen molar-refractivity contribution >= 4 is 20.8 Å². The summed E-state index contributed by atoms with van der Waals surface area (Å²) >= 11 is 0. The number of hydrogen-bond acceptors (Lipinski definition) is 4. The molecule has 1 heterocycles. The van der Waals surface area contributed by atoms with Gasteiger partial charge in [-0.3, -0.25) is 4.21 Å². The number of nitrogens with zero attached hydrogens (tertiary/aromatic N) is 1. The third-order valence-electron chi connectivity index (χ3n) is 3.33. The maximum absolute atomic E-state index is 13.9. The lowest BCUT2D eigenvalue weighted by molar-refractivity contribution is 0.433. The van der Waals surface area contributed by atoms with E-state index in [1.807, 2.05) is 6.92 Å². The number of hydrogen-bond donors (Lipinski definition) is 1. The molecule has 1 N–H and O–H groups in total. The monoisotopic (exact) mass is 334 g/mol. The van der Waals surface area contributed by atoms with E-state index in [4.69, 9.17) is 0 Å². The molecule has 0 saturated carbocycles. The summed E-state index contributed by atoms with van der Waals surface area (Å²) in [6.45, 7) is 3.52. The highest BCUT2D eigenvalue weighted by Gasteiger charge is 2.30. The van der Waals surface area contributed by atoms with Crippen LogP contribution in [0.2, 0.25) is 0 Å². The van der Waals surface area contributed by atoms with Crippen molar-refractivity contribution in [2.45, 2.75) is 18.4 Å². The molecule has 0 aliphatic carbocycles. The molecule has 0 atom stereocenters. The van der Waals surface area contributed by atoms with Crippen LogP contribution in [0.5, 0.6) is 0 Å². The van der Waals surface area contributed by atoms with Crippen LogP contribution in [0.15, 0.2) is 23.1 Å². The van der Waals surface area contributed by atoms with E-state index in [9.17, 15) is 17.0 Å². The van der Waals surface area contributed by atoms with E-state index in [0.717, 1.165) is 12.1 Å². The second-order valence-corrected chi connectivity index (χ2v) is 8.40. The lowest BCUT2D eigenvalue weighted by Crippen LogP contribution is -2.42. The van der Waals surface area contributed by atoms with Crippen LogP contribution in [0.3, 0.4) is 0 Å². The third kappa shape index (κ3) is 3.88. The average Bonchev–Trinajstić information content (AvgIpc) is 2.46. The molecule has 2 rings (SSSR count). The van der Waals surface area contributed by atoms with Gasteiger partial charge in [0.05, 0.1) is 0 Å². The van der Waals surface area contributed by atoms with Crippen molar-refractivity contribution in [1.82, 2.24) is 9.62 Å².